The summed E-state index contributed by atoms with van der Waals surface area (Å²) in [6.07, 6.45) is -2.67. The molecule has 0 aliphatic carbocycles. The molecule has 7 heteroatoms. The highest BCUT2D eigenvalue weighted by Gasteiger charge is 2.33. The van der Waals surface area contributed by atoms with Gasteiger partial charge in [-0.05, 0) is 13.3 Å². The molecule has 0 spiro atoms. The molecular weight excluding hydrogens is 235 g/mol. The van der Waals surface area contributed by atoms with E-state index >= 15 is 0 Å². The van der Waals surface area contributed by atoms with E-state index in [1.807, 2.05) is 0 Å². The van der Waals surface area contributed by atoms with Crippen LogP contribution in [0.25, 0.3) is 0 Å². The summed E-state index contributed by atoms with van der Waals surface area (Å²) >= 11 is 0. The second kappa shape index (κ2) is 5.20. The number of carbonyl (C=O) groups excluding carboxylic acids is 1. The molecule has 0 atom stereocenters. The van der Waals surface area contributed by atoms with E-state index in [1.165, 1.54) is 6.20 Å². The maximum atomic E-state index is 12.3. The number of H-pyrrole nitrogens is 1. The number of halogens is 3. The Morgan fingerprint density at radius 3 is 2.59 bits per heavy atom. The van der Waals surface area contributed by atoms with E-state index in [-0.39, 0.29) is 12.1 Å². The van der Waals surface area contributed by atoms with Gasteiger partial charge in [0.05, 0.1) is 11.8 Å². The Morgan fingerprint density at radius 1 is 1.53 bits per heavy atom. The fourth-order valence-electron chi connectivity index (χ4n) is 1.48. The largest absolute Gasteiger partial charge is 0.406 e. The SMILES string of the molecule is CCCN(CC(F)(F)F)C(=O)c1cn[nH]c1C. The number of aryl methyl sites for hydroxylation is 1. The Balaban J connectivity index is 2.84. The first-order valence-corrected chi connectivity index (χ1v) is 5.21. The number of carbonyl (C=O) groups is 1. The molecule has 1 aromatic rings. The predicted molar refractivity (Wildman–Crippen MR) is 55.6 cm³/mol. The van der Waals surface area contributed by atoms with Crippen molar-refractivity contribution in [1.82, 2.24) is 15.1 Å². The third kappa shape index (κ3) is 3.76. The zero-order chi connectivity index (χ0) is 13.1. The van der Waals surface area contributed by atoms with Crippen LogP contribution in [0.5, 0.6) is 0 Å². The van der Waals surface area contributed by atoms with Crippen LogP contribution in [0.4, 0.5) is 13.2 Å². The summed E-state index contributed by atoms with van der Waals surface area (Å²) in [7, 11) is 0. The van der Waals surface area contributed by atoms with Crippen LogP contribution in [0.3, 0.4) is 0 Å². The molecule has 0 saturated heterocycles. The molecule has 0 aliphatic heterocycles. The van der Waals surface area contributed by atoms with E-state index in [4.69, 9.17) is 0 Å². The van der Waals surface area contributed by atoms with Crippen LogP contribution < -0.4 is 0 Å². The van der Waals surface area contributed by atoms with E-state index in [2.05, 4.69) is 10.2 Å². The van der Waals surface area contributed by atoms with Gasteiger partial charge in [-0.2, -0.15) is 18.3 Å². The van der Waals surface area contributed by atoms with E-state index in [1.54, 1.807) is 13.8 Å². The highest BCUT2D eigenvalue weighted by molar-refractivity contribution is 5.95. The first-order chi connectivity index (χ1) is 7.85. The van der Waals surface area contributed by atoms with Gasteiger partial charge >= 0.3 is 6.18 Å². The monoisotopic (exact) mass is 249 g/mol. The molecule has 0 unspecified atom stereocenters. The number of hydrogen-bond acceptors (Lipinski definition) is 2. The van der Waals surface area contributed by atoms with Crippen LogP contribution in [0.2, 0.25) is 0 Å². The number of alkyl halides is 3. The summed E-state index contributed by atoms with van der Waals surface area (Å²) in [5.41, 5.74) is 0.654. The average molecular weight is 249 g/mol. The van der Waals surface area contributed by atoms with Crippen molar-refractivity contribution in [2.24, 2.45) is 0 Å². The van der Waals surface area contributed by atoms with Gasteiger partial charge in [-0.3, -0.25) is 9.89 Å². The van der Waals surface area contributed by atoms with E-state index in [0.717, 1.165) is 4.90 Å². The molecule has 1 rings (SSSR count). The number of nitrogens with zero attached hydrogens (tertiary/aromatic N) is 2. The van der Waals surface area contributed by atoms with Crippen molar-refractivity contribution < 1.29 is 18.0 Å². The van der Waals surface area contributed by atoms with Crippen molar-refractivity contribution >= 4 is 5.91 Å². The average Bonchev–Trinajstić information content (AvgIpc) is 2.61. The summed E-state index contributed by atoms with van der Waals surface area (Å²) in [5.74, 6) is -0.643. The molecule has 1 amide bonds. The van der Waals surface area contributed by atoms with E-state index in [0.29, 0.717) is 12.1 Å². The minimum atomic E-state index is -4.39. The van der Waals surface area contributed by atoms with Gasteiger partial charge in [0.25, 0.3) is 5.91 Å². The van der Waals surface area contributed by atoms with Crippen LogP contribution in [0, 0.1) is 6.92 Å². The Morgan fingerprint density at radius 2 is 2.18 bits per heavy atom. The molecule has 1 aromatic heterocycles. The minimum absolute atomic E-state index is 0.0724. The normalized spacial score (nSPS) is 11.6. The van der Waals surface area contributed by atoms with Gasteiger partial charge in [0.15, 0.2) is 0 Å². The molecule has 1 N–H and O–H groups in total. The Bertz CT molecular complexity index is 386. The molecule has 0 aromatic carbocycles. The number of amides is 1. The third-order valence-electron chi connectivity index (χ3n) is 2.21. The maximum absolute atomic E-state index is 12.3. The summed E-state index contributed by atoms with van der Waals surface area (Å²) < 4.78 is 36.9. The quantitative estimate of drug-likeness (QED) is 0.888. The summed E-state index contributed by atoms with van der Waals surface area (Å²) in [6, 6.07) is 0. The zero-order valence-corrected chi connectivity index (χ0v) is 9.64. The first-order valence-electron chi connectivity index (χ1n) is 5.21. The molecule has 17 heavy (non-hydrogen) atoms. The number of aromatic amines is 1. The highest BCUT2D eigenvalue weighted by atomic mass is 19.4. The van der Waals surface area contributed by atoms with Gasteiger partial charge in [-0.1, -0.05) is 6.92 Å². The molecule has 0 bridgehead atoms. The first kappa shape index (κ1) is 13.5. The third-order valence-corrected chi connectivity index (χ3v) is 2.21. The topological polar surface area (TPSA) is 49.0 Å². The lowest BCUT2D eigenvalue weighted by molar-refractivity contribution is -0.140. The second-order valence-corrected chi connectivity index (χ2v) is 3.75. The summed E-state index contributed by atoms with van der Waals surface area (Å²) in [4.78, 5) is 12.6. The van der Waals surface area contributed by atoms with Crippen LogP contribution in [0.15, 0.2) is 6.20 Å². The number of aromatic nitrogens is 2. The lowest BCUT2D eigenvalue weighted by Crippen LogP contribution is -2.39. The molecular formula is C10H14F3N3O. The molecule has 4 nitrogen and oxygen atoms in total. The van der Waals surface area contributed by atoms with Gasteiger partial charge in [0.1, 0.15) is 6.54 Å². The standard InChI is InChI=1S/C10H14F3N3O/c1-3-4-16(6-10(11,12)13)9(17)8-5-14-15-7(8)2/h5H,3-4,6H2,1-2H3,(H,14,15). The molecule has 0 fully saturated rings. The van der Waals surface area contributed by atoms with Crippen molar-refractivity contribution in [3.8, 4) is 0 Å². The maximum Gasteiger partial charge on any atom is 0.406 e. The molecule has 96 valence electrons. The molecule has 1 heterocycles. The smallest absolute Gasteiger partial charge is 0.329 e. The minimum Gasteiger partial charge on any atom is -0.329 e. The Hall–Kier alpha value is -1.53. The van der Waals surface area contributed by atoms with Gasteiger partial charge < -0.3 is 4.90 Å². The molecule has 0 saturated carbocycles. The van der Waals surface area contributed by atoms with Gasteiger partial charge in [0, 0.05) is 12.2 Å². The Labute approximate surface area is 96.8 Å². The van der Waals surface area contributed by atoms with Crippen molar-refractivity contribution in [2.75, 3.05) is 13.1 Å². The summed E-state index contributed by atoms with van der Waals surface area (Å²) in [5, 5.41) is 6.16. The number of hydrogen-bond donors (Lipinski definition) is 1. The fraction of sp³-hybridized carbons (Fsp3) is 0.600. The van der Waals surface area contributed by atoms with Crippen LogP contribution in [0.1, 0.15) is 29.4 Å². The second-order valence-electron chi connectivity index (χ2n) is 3.75. The number of nitrogens with one attached hydrogen (secondary N) is 1. The summed E-state index contributed by atoms with van der Waals surface area (Å²) in [6.45, 7) is 2.16. The fourth-order valence-corrected chi connectivity index (χ4v) is 1.48. The van der Waals surface area contributed by atoms with E-state index < -0.39 is 18.6 Å². The van der Waals surface area contributed by atoms with Crippen LogP contribution in [-0.2, 0) is 0 Å². The van der Waals surface area contributed by atoms with Crippen molar-refractivity contribution in [3.63, 3.8) is 0 Å². The van der Waals surface area contributed by atoms with Crippen LogP contribution in [-0.4, -0.2) is 40.3 Å². The van der Waals surface area contributed by atoms with Crippen molar-refractivity contribution in [3.05, 3.63) is 17.5 Å². The Kier molecular flexibility index (Phi) is 4.14. The van der Waals surface area contributed by atoms with E-state index in [9.17, 15) is 18.0 Å². The number of rotatable bonds is 4. The predicted octanol–water partition coefficient (Wildman–Crippen LogP) is 2.13. The van der Waals surface area contributed by atoms with Crippen LogP contribution >= 0.6 is 0 Å². The van der Waals surface area contributed by atoms with Gasteiger partial charge in [0.2, 0.25) is 0 Å². The zero-order valence-electron chi connectivity index (χ0n) is 9.64. The highest BCUT2D eigenvalue weighted by Crippen LogP contribution is 2.18. The lowest BCUT2D eigenvalue weighted by atomic mass is 10.2. The molecule has 0 radical (unpaired) electrons. The van der Waals surface area contributed by atoms with Gasteiger partial charge in [-0.15, -0.1) is 0 Å². The lowest BCUT2D eigenvalue weighted by Gasteiger charge is -2.23. The van der Waals surface area contributed by atoms with Crippen molar-refractivity contribution in [1.29, 1.82) is 0 Å². The van der Waals surface area contributed by atoms with Gasteiger partial charge in [-0.25, -0.2) is 0 Å². The van der Waals surface area contributed by atoms with Crippen molar-refractivity contribution in [2.45, 2.75) is 26.4 Å². The molecule has 0 aliphatic rings.